The molecule has 2 aromatic carbocycles. The first kappa shape index (κ1) is 15.1. The molecule has 0 aliphatic heterocycles. The quantitative estimate of drug-likeness (QED) is 0.857. The zero-order valence-electron chi connectivity index (χ0n) is 11.1. The number of hydrogen-bond donors (Lipinski definition) is 2. The Morgan fingerprint density at radius 1 is 1.19 bits per heavy atom. The Bertz CT molecular complexity index is 732. The zero-order valence-corrected chi connectivity index (χ0v) is 11.9. The molecule has 0 fully saturated rings. The van der Waals surface area contributed by atoms with Gasteiger partial charge in [-0.2, -0.15) is 0 Å². The van der Waals surface area contributed by atoms with E-state index in [4.69, 9.17) is 18.0 Å². The Morgan fingerprint density at radius 3 is 2.57 bits per heavy atom. The molecule has 0 radical (unpaired) electrons. The highest BCUT2D eigenvalue weighted by Crippen LogP contribution is 2.20. The number of thiocarbonyl (C=S) groups is 1. The summed E-state index contributed by atoms with van der Waals surface area (Å²) >= 11 is 4.77. The van der Waals surface area contributed by atoms with E-state index in [-0.39, 0.29) is 21.8 Å². The van der Waals surface area contributed by atoms with Crippen molar-refractivity contribution in [3.8, 4) is 0 Å². The summed E-state index contributed by atoms with van der Waals surface area (Å²) in [7, 11) is 0. The maximum Gasteiger partial charge on any atom is 0.258 e. The average Bonchev–Trinajstić information content (AvgIpc) is 2.41. The maximum atomic E-state index is 13.7. The van der Waals surface area contributed by atoms with E-state index in [2.05, 4.69) is 5.32 Å². The summed E-state index contributed by atoms with van der Waals surface area (Å²) in [6.45, 7) is 1.73. The van der Waals surface area contributed by atoms with E-state index < -0.39 is 17.5 Å². The molecule has 0 bridgehead atoms. The molecular weight excluding hydrogens is 294 g/mol. The minimum Gasteiger partial charge on any atom is -0.389 e. The Hall–Kier alpha value is -2.34. The molecule has 6 heteroatoms. The molecule has 0 aromatic heterocycles. The lowest BCUT2D eigenvalue weighted by atomic mass is 10.1. The number of carbonyl (C=O) groups is 1. The van der Waals surface area contributed by atoms with Gasteiger partial charge in [0, 0.05) is 0 Å². The molecule has 1 amide bonds. The molecule has 108 valence electrons. The molecule has 3 nitrogen and oxygen atoms in total. The zero-order chi connectivity index (χ0) is 15.6. The van der Waals surface area contributed by atoms with Crippen LogP contribution in [0.5, 0.6) is 0 Å². The molecular formula is C15H12F2N2OS. The lowest BCUT2D eigenvalue weighted by Crippen LogP contribution is -2.19. The Morgan fingerprint density at radius 2 is 1.90 bits per heavy atom. The van der Waals surface area contributed by atoms with Crippen LogP contribution in [0.25, 0.3) is 0 Å². The SMILES string of the molecule is Cc1ccc(F)c(C(=O)Nc2cccc(F)c2C(N)=S)c1. The summed E-state index contributed by atoms with van der Waals surface area (Å²) in [4.78, 5) is 11.9. The number of benzene rings is 2. The Labute approximate surface area is 125 Å². The van der Waals surface area contributed by atoms with Crippen molar-refractivity contribution in [1.82, 2.24) is 0 Å². The van der Waals surface area contributed by atoms with E-state index in [0.717, 1.165) is 5.56 Å². The van der Waals surface area contributed by atoms with E-state index in [9.17, 15) is 13.6 Å². The van der Waals surface area contributed by atoms with Gasteiger partial charge < -0.3 is 11.1 Å². The van der Waals surface area contributed by atoms with Gasteiger partial charge in [-0.1, -0.05) is 29.9 Å². The third kappa shape index (κ3) is 3.22. The molecule has 2 rings (SSSR count). The second-order valence-corrected chi connectivity index (χ2v) is 4.90. The molecule has 0 aliphatic carbocycles. The lowest BCUT2D eigenvalue weighted by molar-refractivity contribution is 0.102. The van der Waals surface area contributed by atoms with E-state index in [0.29, 0.717) is 0 Å². The Kier molecular flexibility index (Phi) is 4.28. The van der Waals surface area contributed by atoms with Gasteiger partial charge >= 0.3 is 0 Å². The van der Waals surface area contributed by atoms with Gasteiger partial charge in [-0.3, -0.25) is 4.79 Å². The average molecular weight is 306 g/mol. The number of amides is 1. The highest BCUT2D eigenvalue weighted by Gasteiger charge is 2.16. The van der Waals surface area contributed by atoms with Gasteiger partial charge in [0.1, 0.15) is 16.6 Å². The molecule has 0 saturated carbocycles. The number of hydrogen-bond acceptors (Lipinski definition) is 2. The van der Waals surface area contributed by atoms with Gasteiger partial charge in [-0.05, 0) is 31.2 Å². The van der Waals surface area contributed by atoms with E-state index in [1.54, 1.807) is 13.0 Å². The summed E-state index contributed by atoms with van der Waals surface area (Å²) in [5.41, 5.74) is 6.08. The maximum absolute atomic E-state index is 13.7. The molecule has 3 N–H and O–H groups in total. The number of halogens is 2. The minimum absolute atomic E-state index is 0.0751. The van der Waals surface area contributed by atoms with Crippen molar-refractivity contribution >= 4 is 28.8 Å². The fourth-order valence-corrected chi connectivity index (χ4v) is 2.09. The van der Waals surface area contributed by atoms with Crippen LogP contribution >= 0.6 is 12.2 Å². The largest absolute Gasteiger partial charge is 0.389 e. The van der Waals surface area contributed by atoms with Crippen molar-refractivity contribution < 1.29 is 13.6 Å². The van der Waals surface area contributed by atoms with Crippen molar-refractivity contribution in [2.45, 2.75) is 6.92 Å². The number of rotatable bonds is 3. The van der Waals surface area contributed by atoms with Crippen LogP contribution in [-0.4, -0.2) is 10.9 Å². The number of nitrogens with one attached hydrogen (secondary N) is 1. The predicted molar refractivity (Wildman–Crippen MR) is 81.4 cm³/mol. The van der Waals surface area contributed by atoms with Gasteiger partial charge in [0.25, 0.3) is 5.91 Å². The standard InChI is InChI=1S/C15H12F2N2OS/c1-8-5-6-10(16)9(7-8)15(20)19-12-4-2-3-11(17)13(12)14(18)21/h2-7H,1H3,(H2,18,21)(H,19,20). The number of carbonyl (C=O) groups excluding carboxylic acids is 1. The second-order valence-electron chi connectivity index (χ2n) is 4.46. The molecule has 0 spiro atoms. The molecule has 2 aromatic rings. The normalized spacial score (nSPS) is 10.2. The van der Waals surface area contributed by atoms with Crippen LogP contribution in [0.1, 0.15) is 21.5 Å². The summed E-state index contributed by atoms with van der Waals surface area (Å²) in [5.74, 6) is -2.00. The first-order valence-corrected chi connectivity index (χ1v) is 6.47. The van der Waals surface area contributed by atoms with E-state index in [1.807, 2.05) is 0 Å². The van der Waals surface area contributed by atoms with Crippen molar-refractivity contribution in [3.05, 3.63) is 64.7 Å². The van der Waals surface area contributed by atoms with Crippen molar-refractivity contribution in [1.29, 1.82) is 0 Å². The first-order valence-electron chi connectivity index (χ1n) is 6.06. The van der Waals surface area contributed by atoms with Gasteiger partial charge in [0.2, 0.25) is 0 Å². The van der Waals surface area contributed by atoms with Gasteiger partial charge in [0.15, 0.2) is 0 Å². The minimum atomic E-state index is -0.695. The van der Waals surface area contributed by atoms with Crippen LogP contribution in [0.2, 0.25) is 0 Å². The predicted octanol–water partition coefficient (Wildman–Crippen LogP) is 3.16. The molecule has 21 heavy (non-hydrogen) atoms. The van der Waals surface area contributed by atoms with Gasteiger partial charge in [0.05, 0.1) is 16.8 Å². The van der Waals surface area contributed by atoms with Crippen LogP contribution in [0.15, 0.2) is 36.4 Å². The van der Waals surface area contributed by atoms with E-state index >= 15 is 0 Å². The molecule has 0 atom stereocenters. The van der Waals surface area contributed by atoms with Crippen molar-refractivity contribution in [2.75, 3.05) is 5.32 Å². The van der Waals surface area contributed by atoms with Crippen molar-refractivity contribution in [3.63, 3.8) is 0 Å². The highest BCUT2D eigenvalue weighted by molar-refractivity contribution is 7.80. The number of nitrogens with two attached hydrogens (primary N) is 1. The summed E-state index contributed by atoms with van der Waals surface area (Å²) < 4.78 is 27.4. The fraction of sp³-hybridized carbons (Fsp3) is 0.0667. The summed E-state index contributed by atoms with van der Waals surface area (Å²) in [6.07, 6.45) is 0. The summed E-state index contributed by atoms with van der Waals surface area (Å²) in [5, 5.41) is 2.43. The van der Waals surface area contributed by atoms with Crippen LogP contribution in [0, 0.1) is 18.6 Å². The molecule has 0 saturated heterocycles. The van der Waals surface area contributed by atoms with Crippen LogP contribution in [-0.2, 0) is 0 Å². The van der Waals surface area contributed by atoms with Crippen LogP contribution in [0.3, 0.4) is 0 Å². The van der Waals surface area contributed by atoms with Crippen LogP contribution in [0.4, 0.5) is 14.5 Å². The van der Waals surface area contributed by atoms with E-state index in [1.165, 1.54) is 30.3 Å². The Balaban J connectivity index is 2.39. The monoisotopic (exact) mass is 306 g/mol. The molecule has 0 unspecified atom stereocenters. The molecule has 0 heterocycles. The number of aryl methyl sites for hydroxylation is 1. The third-order valence-electron chi connectivity index (χ3n) is 2.87. The molecule has 0 aliphatic rings. The van der Waals surface area contributed by atoms with Gasteiger partial charge in [-0.15, -0.1) is 0 Å². The highest BCUT2D eigenvalue weighted by atomic mass is 32.1. The number of anilines is 1. The van der Waals surface area contributed by atoms with Crippen molar-refractivity contribution in [2.24, 2.45) is 5.73 Å². The third-order valence-corrected chi connectivity index (χ3v) is 3.08. The fourth-order valence-electron chi connectivity index (χ4n) is 1.88. The lowest BCUT2D eigenvalue weighted by Gasteiger charge is -2.11. The second kappa shape index (κ2) is 5.97. The van der Waals surface area contributed by atoms with Gasteiger partial charge in [-0.25, -0.2) is 8.78 Å². The van der Waals surface area contributed by atoms with Crippen LogP contribution < -0.4 is 11.1 Å². The smallest absolute Gasteiger partial charge is 0.258 e. The summed E-state index contributed by atoms with van der Waals surface area (Å²) in [6, 6.07) is 8.18. The topological polar surface area (TPSA) is 55.1 Å². The first-order chi connectivity index (χ1) is 9.90.